The van der Waals surface area contributed by atoms with Gasteiger partial charge in [-0.1, -0.05) is 0 Å². The summed E-state index contributed by atoms with van der Waals surface area (Å²) < 4.78 is 9.77. The molecule has 0 saturated carbocycles. The Kier molecular flexibility index (Phi) is 2.91. The summed E-state index contributed by atoms with van der Waals surface area (Å²) in [6.45, 7) is 3.88. The van der Waals surface area contributed by atoms with Gasteiger partial charge >= 0.3 is 11.9 Å². The molecule has 0 spiro atoms. The van der Waals surface area contributed by atoms with Gasteiger partial charge in [-0.25, -0.2) is 14.6 Å². The number of thiazole rings is 1. The lowest BCUT2D eigenvalue weighted by Crippen LogP contribution is -2.22. The summed E-state index contributed by atoms with van der Waals surface area (Å²) in [7, 11) is 0. The number of esters is 2. The van der Waals surface area contributed by atoms with E-state index in [-0.39, 0.29) is 0 Å². The zero-order valence-electron chi connectivity index (χ0n) is 8.98. The van der Waals surface area contributed by atoms with Crippen molar-refractivity contribution in [2.75, 3.05) is 6.61 Å². The molecular weight excluding hydrogens is 230 g/mol. The van der Waals surface area contributed by atoms with Crippen molar-refractivity contribution < 1.29 is 19.1 Å². The Morgan fingerprint density at radius 3 is 2.81 bits per heavy atom. The second-order valence-corrected chi connectivity index (χ2v) is 4.70. The van der Waals surface area contributed by atoms with Crippen molar-refractivity contribution in [3.63, 3.8) is 0 Å². The molecule has 1 unspecified atom stereocenters. The van der Waals surface area contributed by atoms with Crippen LogP contribution in [-0.2, 0) is 14.3 Å². The van der Waals surface area contributed by atoms with Gasteiger partial charge in [0.05, 0.1) is 17.3 Å². The van der Waals surface area contributed by atoms with E-state index in [0.717, 1.165) is 5.01 Å². The number of carbonyl (C=O) groups excluding carboxylic acids is 2. The number of rotatable bonds is 2. The van der Waals surface area contributed by atoms with Gasteiger partial charge in [-0.3, -0.25) is 0 Å². The van der Waals surface area contributed by atoms with Crippen molar-refractivity contribution in [3.05, 3.63) is 15.6 Å². The maximum Gasteiger partial charge on any atom is 0.351 e. The van der Waals surface area contributed by atoms with Crippen LogP contribution in [0.5, 0.6) is 0 Å². The molecule has 0 amide bonds. The summed E-state index contributed by atoms with van der Waals surface area (Å²) in [4.78, 5) is 27.4. The van der Waals surface area contributed by atoms with Crippen molar-refractivity contribution in [1.82, 2.24) is 4.98 Å². The minimum atomic E-state index is -0.755. The van der Waals surface area contributed by atoms with Crippen LogP contribution >= 0.6 is 11.3 Å². The standard InChI is InChI=1S/C10H11NO4S/c1-5-8(16-6(2)11-5)10(13)15-7-3-4-14-9(7)12/h7H,3-4H2,1-2H3. The lowest BCUT2D eigenvalue weighted by atomic mass is 10.3. The van der Waals surface area contributed by atoms with Gasteiger partial charge in [0, 0.05) is 6.42 Å². The molecule has 2 rings (SSSR count). The number of carbonyl (C=O) groups is 2. The van der Waals surface area contributed by atoms with Crippen LogP contribution in [0.3, 0.4) is 0 Å². The van der Waals surface area contributed by atoms with Crippen molar-refractivity contribution in [2.24, 2.45) is 0 Å². The van der Waals surface area contributed by atoms with Crippen LogP contribution in [0, 0.1) is 13.8 Å². The minimum absolute atomic E-state index is 0.317. The molecule has 16 heavy (non-hydrogen) atoms. The normalized spacial score (nSPS) is 19.6. The van der Waals surface area contributed by atoms with Crippen LogP contribution in [0.4, 0.5) is 0 Å². The third-order valence-electron chi connectivity index (χ3n) is 2.23. The van der Waals surface area contributed by atoms with Crippen LogP contribution < -0.4 is 0 Å². The molecule has 1 aliphatic rings. The highest BCUT2D eigenvalue weighted by Gasteiger charge is 2.31. The topological polar surface area (TPSA) is 65.5 Å². The fourth-order valence-corrected chi connectivity index (χ4v) is 2.29. The SMILES string of the molecule is Cc1nc(C)c(C(=O)OC2CCOC2=O)s1. The first-order valence-corrected chi connectivity index (χ1v) is 5.71. The molecule has 1 aromatic heterocycles. The highest BCUT2D eigenvalue weighted by molar-refractivity contribution is 7.13. The van der Waals surface area contributed by atoms with Crippen LogP contribution in [-0.4, -0.2) is 29.6 Å². The van der Waals surface area contributed by atoms with Crippen molar-refractivity contribution in [2.45, 2.75) is 26.4 Å². The molecule has 1 fully saturated rings. The van der Waals surface area contributed by atoms with E-state index in [1.54, 1.807) is 6.92 Å². The zero-order chi connectivity index (χ0) is 11.7. The Labute approximate surface area is 96.4 Å². The van der Waals surface area contributed by atoms with Crippen LogP contribution in [0.25, 0.3) is 0 Å². The van der Waals surface area contributed by atoms with E-state index in [9.17, 15) is 9.59 Å². The Morgan fingerprint density at radius 2 is 2.31 bits per heavy atom. The lowest BCUT2D eigenvalue weighted by Gasteiger charge is -2.06. The Morgan fingerprint density at radius 1 is 1.56 bits per heavy atom. The molecule has 0 radical (unpaired) electrons. The third-order valence-corrected chi connectivity index (χ3v) is 3.28. The molecule has 1 aromatic rings. The number of ether oxygens (including phenoxy) is 2. The average Bonchev–Trinajstić information content (AvgIpc) is 2.74. The van der Waals surface area contributed by atoms with E-state index in [1.807, 2.05) is 6.92 Å². The smallest absolute Gasteiger partial charge is 0.351 e. The second kappa shape index (κ2) is 4.21. The number of aromatic nitrogens is 1. The molecule has 2 heterocycles. The first-order valence-electron chi connectivity index (χ1n) is 4.89. The van der Waals surface area contributed by atoms with E-state index in [0.29, 0.717) is 23.6 Å². The Balaban J connectivity index is 2.08. The van der Waals surface area contributed by atoms with Gasteiger partial charge in [-0.05, 0) is 13.8 Å². The predicted molar refractivity (Wildman–Crippen MR) is 56.4 cm³/mol. The lowest BCUT2D eigenvalue weighted by molar-refractivity contribution is -0.145. The summed E-state index contributed by atoms with van der Waals surface area (Å²) >= 11 is 1.27. The molecule has 0 aliphatic carbocycles. The van der Waals surface area contributed by atoms with Gasteiger partial charge in [-0.2, -0.15) is 0 Å². The number of hydrogen-bond donors (Lipinski definition) is 0. The molecule has 86 valence electrons. The first kappa shape index (κ1) is 11.1. The average molecular weight is 241 g/mol. The van der Waals surface area contributed by atoms with E-state index in [1.165, 1.54) is 11.3 Å². The van der Waals surface area contributed by atoms with Gasteiger partial charge in [0.25, 0.3) is 0 Å². The summed E-state index contributed by atoms with van der Waals surface area (Å²) in [5, 5.41) is 0.804. The molecule has 1 saturated heterocycles. The van der Waals surface area contributed by atoms with Crippen molar-refractivity contribution >= 4 is 23.3 Å². The van der Waals surface area contributed by atoms with E-state index < -0.39 is 18.0 Å². The van der Waals surface area contributed by atoms with Crippen molar-refractivity contribution in [1.29, 1.82) is 0 Å². The predicted octanol–water partition coefficient (Wildman–Crippen LogP) is 1.23. The van der Waals surface area contributed by atoms with Crippen LogP contribution in [0.15, 0.2) is 0 Å². The molecule has 6 heteroatoms. The Bertz CT molecular complexity index is 440. The number of nitrogens with zero attached hydrogens (tertiary/aromatic N) is 1. The molecule has 5 nitrogen and oxygen atoms in total. The van der Waals surface area contributed by atoms with Gasteiger partial charge in [0.15, 0.2) is 0 Å². The van der Waals surface area contributed by atoms with Crippen LogP contribution in [0.1, 0.15) is 26.8 Å². The highest BCUT2D eigenvalue weighted by Crippen LogP contribution is 2.20. The molecule has 0 bridgehead atoms. The fourth-order valence-electron chi connectivity index (χ4n) is 1.49. The molecular formula is C10H11NO4S. The number of aryl methyl sites for hydroxylation is 2. The van der Waals surface area contributed by atoms with E-state index in [4.69, 9.17) is 9.47 Å². The van der Waals surface area contributed by atoms with Gasteiger partial charge in [0.1, 0.15) is 4.88 Å². The minimum Gasteiger partial charge on any atom is -0.463 e. The molecule has 0 aromatic carbocycles. The summed E-state index contributed by atoms with van der Waals surface area (Å²) in [5.74, 6) is -0.959. The molecule has 1 atom stereocenters. The van der Waals surface area contributed by atoms with Gasteiger partial charge in [0.2, 0.25) is 6.10 Å². The fraction of sp³-hybridized carbons (Fsp3) is 0.500. The monoisotopic (exact) mass is 241 g/mol. The Hall–Kier alpha value is -1.43. The van der Waals surface area contributed by atoms with Gasteiger partial charge in [-0.15, -0.1) is 11.3 Å². The van der Waals surface area contributed by atoms with E-state index >= 15 is 0 Å². The van der Waals surface area contributed by atoms with Gasteiger partial charge < -0.3 is 9.47 Å². The third kappa shape index (κ3) is 2.06. The number of cyclic esters (lactones) is 1. The first-order chi connectivity index (χ1) is 7.58. The largest absolute Gasteiger partial charge is 0.463 e. The summed E-state index contributed by atoms with van der Waals surface area (Å²) in [5.41, 5.74) is 0.638. The zero-order valence-corrected chi connectivity index (χ0v) is 9.80. The molecule has 0 N–H and O–H groups in total. The number of hydrogen-bond acceptors (Lipinski definition) is 6. The summed E-state index contributed by atoms with van der Waals surface area (Å²) in [6.07, 6.45) is -0.323. The van der Waals surface area contributed by atoms with Crippen LogP contribution in [0.2, 0.25) is 0 Å². The maximum absolute atomic E-state index is 11.7. The highest BCUT2D eigenvalue weighted by atomic mass is 32.1. The maximum atomic E-state index is 11.7. The molecule has 1 aliphatic heterocycles. The van der Waals surface area contributed by atoms with E-state index in [2.05, 4.69) is 4.98 Å². The quantitative estimate of drug-likeness (QED) is 0.729. The van der Waals surface area contributed by atoms with Crippen molar-refractivity contribution in [3.8, 4) is 0 Å². The second-order valence-electron chi connectivity index (χ2n) is 3.50. The summed E-state index contributed by atoms with van der Waals surface area (Å²) in [6, 6.07) is 0.